The van der Waals surface area contributed by atoms with Crippen molar-refractivity contribution in [3.63, 3.8) is 0 Å². The fraction of sp³-hybridized carbons (Fsp3) is 0.708. The van der Waals surface area contributed by atoms with Crippen molar-refractivity contribution in [1.29, 1.82) is 0 Å². The number of rotatable bonds is 7. The molecule has 162 valence electrons. The van der Waals surface area contributed by atoms with Crippen LogP contribution in [0.15, 0.2) is 22.7 Å². The van der Waals surface area contributed by atoms with Gasteiger partial charge in [-0.15, -0.1) is 0 Å². The molecule has 2 saturated heterocycles. The first-order valence-electron chi connectivity index (χ1n) is 11.3. The van der Waals surface area contributed by atoms with Crippen LogP contribution in [0.3, 0.4) is 0 Å². The van der Waals surface area contributed by atoms with Crippen molar-refractivity contribution in [2.75, 3.05) is 32.7 Å². The molecule has 0 atom stereocenters. The normalized spacial score (nSPS) is 19.7. The van der Waals surface area contributed by atoms with Crippen molar-refractivity contribution >= 4 is 21.8 Å². The Morgan fingerprint density at radius 1 is 1.10 bits per heavy atom. The van der Waals surface area contributed by atoms with Gasteiger partial charge in [0.25, 0.3) is 0 Å². The quantitative estimate of drug-likeness (QED) is 0.559. The number of likely N-dealkylation sites (tertiary alicyclic amines) is 2. The van der Waals surface area contributed by atoms with Crippen LogP contribution < -0.4 is 4.74 Å². The van der Waals surface area contributed by atoms with Gasteiger partial charge in [-0.1, -0.05) is 15.9 Å². The van der Waals surface area contributed by atoms with Crippen molar-refractivity contribution in [2.45, 2.75) is 65.4 Å². The molecule has 0 N–H and O–H groups in total. The number of benzene rings is 1. The van der Waals surface area contributed by atoms with Gasteiger partial charge >= 0.3 is 0 Å². The van der Waals surface area contributed by atoms with Crippen molar-refractivity contribution in [3.05, 3.63) is 28.2 Å². The Morgan fingerprint density at radius 3 is 2.38 bits per heavy atom. The number of amides is 1. The van der Waals surface area contributed by atoms with Crippen molar-refractivity contribution in [3.8, 4) is 5.75 Å². The largest absolute Gasteiger partial charge is 0.491 e. The van der Waals surface area contributed by atoms with Crippen LogP contribution in [-0.2, 0) is 11.2 Å². The maximum atomic E-state index is 11.5. The van der Waals surface area contributed by atoms with Gasteiger partial charge in [0.2, 0.25) is 5.91 Å². The highest BCUT2D eigenvalue weighted by atomic mass is 79.9. The maximum absolute atomic E-state index is 11.5. The van der Waals surface area contributed by atoms with Gasteiger partial charge in [0.1, 0.15) is 5.75 Å². The highest BCUT2D eigenvalue weighted by Crippen LogP contribution is 2.29. The van der Waals surface area contributed by atoms with Gasteiger partial charge in [-0.25, -0.2) is 0 Å². The summed E-state index contributed by atoms with van der Waals surface area (Å²) in [4.78, 5) is 16.1. The highest BCUT2D eigenvalue weighted by Gasteiger charge is 2.24. The lowest BCUT2D eigenvalue weighted by atomic mass is 9.89. The van der Waals surface area contributed by atoms with E-state index in [0.29, 0.717) is 0 Å². The van der Waals surface area contributed by atoms with Crippen molar-refractivity contribution in [1.82, 2.24) is 9.80 Å². The first-order valence-corrected chi connectivity index (χ1v) is 12.1. The third kappa shape index (κ3) is 6.99. The van der Waals surface area contributed by atoms with E-state index in [1.54, 1.807) is 6.92 Å². The van der Waals surface area contributed by atoms with Gasteiger partial charge in [0, 0.05) is 24.5 Å². The Morgan fingerprint density at radius 2 is 1.76 bits per heavy atom. The second-order valence-corrected chi connectivity index (χ2v) is 10.0. The zero-order valence-corrected chi connectivity index (χ0v) is 19.9. The summed E-state index contributed by atoms with van der Waals surface area (Å²) in [6.45, 7) is 11.4. The molecule has 5 heteroatoms. The number of hydrogen-bond acceptors (Lipinski definition) is 3. The molecule has 0 aliphatic carbocycles. The van der Waals surface area contributed by atoms with Gasteiger partial charge in [0.05, 0.1) is 6.10 Å². The standard InChI is InChI=1S/C24H37BrN2O2/c1-18(2)29-23-4-5-24(25)22(17-23)16-21-7-12-26(13-8-21)11-6-20-9-14-27(15-10-20)19(3)28/h4-5,17-18,20-21H,6-16H2,1-3H3. The van der Waals surface area contributed by atoms with E-state index in [2.05, 4.69) is 52.9 Å². The van der Waals surface area contributed by atoms with Gasteiger partial charge in [-0.3, -0.25) is 4.79 Å². The van der Waals surface area contributed by atoms with E-state index in [4.69, 9.17) is 4.74 Å². The van der Waals surface area contributed by atoms with Crippen LogP contribution in [0.5, 0.6) is 5.75 Å². The molecule has 2 fully saturated rings. The van der Waals surface area contributed by atoms with Crippen LogP contribution in [0.4, 0.5) is 0 Å². The van der Waals surface area contributed by atoms with E-state index in [1.165, 1.54) is 61.8 Å². The maximum Gasteiger partial charge on any atom is 0.219 e. The second kappa shape index (κ2) is 10.8. The lowest BCUT2D eigenvalue weighted by Gasteiger charge is -2.35. The van der Waals surface area contributed by atoms with E-state index >= 15 is 0 Å². The Kier molecular flexibility index (Phi) is 8.43. The highest BCUT2D eigenvalue weighted by molar-refractivity contribution is 9.10. The summed E-state index contributed by atoms with van der Waals surface area (Å²) < 4.78 is 7.08. The molecule has 29 heavy (non-hydrogen) atoms. The van der Waals surface area contributed by atoms with Crippen LogP contribution in [-0.4, -0.2) is 54.5 Å². The molecular formula is C24H37BrN2O2. The molecule has 0 unspecified atom stereocenters. The van der Waals surface area contributed by atoms with E-state index in [9.17, 15) is 4.79 Å². The van der Waals surface area contributed by atoms with Crippen LogP contribution in [0.2, 0.25) is 0 Å². The van der Waals surface area contributed by atoms with E-state index in [0.717, 1.165) is 37.1 Å². The predicted molar refractivity (Wildman–Crippen MR) is 122 cm³/mol. The smallest absolute Gasteiger partial charge is 0.219 e. The lowest BCUT2D eigenvalue weighted by Crippen LogP contribution is -2.39. The summed E-state index contributed by atoms with van der Waals surface area (Å²) in [5.74, 6) is 2.77. The van der Waals surface area contributed by atoms with Gasteiger partial charge in [0.15, 0.2) is 0 Å². The summed E-state index contributed by atoms with van der Waals surface area (Å²) in [6, 6.07) is 6.39. The molecule has 4 nitrogen and oxygen atoms in total. The van der Waals surface area contributed by atoms with Gasteiger partial charge in [-0.05, 0) is 108 Å². The molecule has 1 aromatic carbocycles. The summed E-state index contributed by atoms with van der Waals surface area (Å²) >= 11 is 3.73. The summed E-state index contributed by atoms with van der Waals surface area (Å²) in [5, 5.41) is 0. The first-order chi connectivity index (χ1) is 13.9. The molecule has 0 aromatic heterocycles. The number of carbonyl (C=O) groups is 1. The molecule has 1 aromatic rings. The number of piperidine rings is 2. The number of carbonyl (C=O) groups excluding carboxylic acids is 1. The molecule has 2 aliphatic heterocycles. The van der Waals surface area contributed by atoms with Crippen LogP contribution >= 0.6 is 15.9 Å². The zero-order valence-electron chi connectivity index (χ0n) is 18.3. The molecule has 0 saturated carbocycles. The van der Waals surface area contributed by atoms with E-state index in [-0.39, 0.29) is 12.0 Å². The number of nitrogens with zero attached hydrogens (tertiary/aromatic N) is 2. The SMILES string of the molecule is CC(=O)N1CCC(CCN2CCC(Cc3cc(OC(C)C)ccc3Br)CC2)CC1. The number of hydrogen-bond donors (Lipinski definition) is 0. The Bertz CT molecular complexity index is 663. The Labute approximate surface area is 185 Å². The number of ether oxygens (including phenoxy) is 1. The van der Waals surface area contributed by atoms with Gasteiger partial charge < -0.3 is 14.5 Å². The van der Waals surface area contributed by atoms with Crippen LogP contribution in [0.25, 0.3) is 0 Å². The summed E-state index contributed by atoms with van der Waals surface area (Å²) in [7, 11) is 0. The molecule has 3 rings (SSSR count). The van der Waals surface area contributed by atoms with Crippen LogP contribution in [0, 0.1) is 11.8 Å². The summed E-state index contributed by atoms with van der Waals surface area (Å²) in [5.41, 5.74) is 1.37. The fourth-order valence-electron chi connectivity index (χ4n) is 4.68. The summed E-state index contributed by atoms with van der Waals surface area (Å²) in [6.07, 6.45) is 7.55. The molecule has 2 aliphatic rings. The molecule has 1 amide bonds. The molecule has 2 heterocycles. The zero-order chi connectivity index (χ0) is 20.8. The Balaban J connectivity index is 1.39. The topological polar surface area (TPSA) is 32.8 Å². The van der Waals surface area contributed by atoms with Crippen molar-refractivity contribution < 1.29 is 9.53 Å². The third-order valence-corrected chi connectivity index (χ3v) is 7.29. The van der Waals surface area contributed by atoms with Gasteiger partial charge in [-0.2, -0.15) is 0 Å². The minimum absolute atomic E-state index is 0.210. The van der Waals surface area contributed by atoms with Crippen LogP contribution in [0.1, 0.15) is 58.4 Å². The molecular weight excluding hydrogens is 428 g/mol. The molecule has 0 bridgehead atoms. The lowest BCUT2D eigenvalue weighted by molar-refractivity contribution is -0.130. The average Bonchev–Trinajstić information content (AvgIpc) is 2.70. The minimum Gasteiger partial charge on any atom is -0.491 e. The fourth-order valence-corrected chi connectivity index (χ4v) is 5.09. The molecule has 0 spiro atoms. The average molecular weight is 465 g/mol. The van der Waals surface area contributed by atoms with Crippen molar-refractivity contribution in [2.24, 2.45) is 11.8 Å². The molecule has 0 radical (unpaired) electrons. The third-order valence-electron chi connectivity index (χ3n) is 6.52. The second-order valence-electron chi connectivity index (χ2n) is 9.15. The van der Waals surface area contributed by atoms with E-state index in [1.807, 2.05) is 4.90 Å². The predicted octanol–water partition coefficient (Wildman–Crippen LogP) is 5.14. The minimum atomic E-state index is 0.210. The number of halogens is 1. The Hall–Kier alpha value is -1.07. The monoisotopic (exact) mass is 464 g/mol. The first kappa shape index (κ1) is 22.6. The van der Waals surface area contributed by atoms with E-state index < -0.39 is 0 Å².